The monoisotopic (exact) mass is 353 g/mol. The second-order valence-corrected chi connectivity index (χ2v) is 7.99. The normalized spacial score (nSPS) is 19.1. The molecule has 2 rings (SSSR count). The SMILES string of the molecule is CCCNCCNC(=O)C1CCCN(S(=O)(=O)c2ccccc2)C1. The highest BCUT2D eigenvalue weighted by Crippen LogP contribution is 2.23. The summed E-state index contributed by atoms with van der Waals surface area (Å²) in [6.45, 7) is 5.06. The minimum atomic E-state index is -3.52. The van der Waals surface area contributed by atoms with Crippen molar-refractivity contribution < 1.29 is 13.2 Å². The summed E-state index contributed by atoms with van der Waals surface area (Å²) < 4.78 is 26.8. The van der Waals surface area contributed by atoms with Crippen LogP contribution in [-0.2, 0) is 14.8 Å². The minimum absolute atomic E-state index is 0.0544. The lowest BCUT2D eigenvalue weighted by atomic mass is 9.99. The van der Waals surface area contributed by atoms with E-state index in [1.165, 1.54) is 4.31 Å². The topological polar surface area (TPSA) is 78.5 Å². The summed E-state index contributed by atoms with van der Waals surface area (Å²) in [5.41, 5.74) is 0. The fourth-order valence-electron chi connectivity index (χ4n) is 2.84. The third-order valence-electron chi connectivity index (χ3n) is 4.16. The molecule has 0 aliphatic carbocycles. The molecule has 1 heterocycles. The van der Waals surface area contributed by atoms with Crippen molar-refractivity contribution in [2.45, 2.75) is 31.1 Å². The Morgan fingerprint density at radius 2 is 1.96 bits per heavy atom. The number of rotatable bonds is 8. The van der Waals surface area contributed by atoms with Crippen LogP contribution in [0.4, 0.5) is 0 Å². The molecule has 2 N–H and O–H groups in total. The van der Waals surface area contributed by atoms with Crippen molar-refractivity contribution in [3.8, 4) is 0 Å². The quantitative estimate of drug-likeness (QED) is 0.689. The van der Waals surface area contributed by atoms with Crippen LogP contribution in [0.5, 0.6) is 0 Å². The van der Waals surface area contributed by atoms with E-state index in [0.29, 0.717) is 19.5 Å². The van der Waals surface area contributed by atoms with Crippen molar-refractivity contribution in [1.82, 2.24) is 14.9 Å². The van der Waals surface area contributed by atoms with Gasteiger partial charge < -0.3 is 10.6 Å². The highest BCUT2D eigenvalue weighted by Gasteiger charge is 2.32. The van der Waals surface area contributed by atoms with Crippen molar-refractivity contribution in [1.29, 1.82) is 0 Å². The highest BCUT2D eigenvalue weighted by atomic mass is 32.2. The molecule has 1 saturated heterocycles. The van der Waals surface area contributed by atoms with Crippen LogP contribution in [0.3, 0.4) is 0 Å². The number of nitrogens with zero attached hydrogens (tertiary/aromatic N) is 1. The Morgan fingerprint density at radius 1 is 1.21 bits per heavy atom. The molecular weight excluding hydrogens is 326 g/mol. The van der Waals surface area contributed by atoms with Gasteiger partial charge in [0.25, 0.3) is 0 Å². The van der Waals surface area contributed by atoms with Crippen molar-refractivity contribution in [2.24, 2.45) is 5.92 Å². The molecule has 0 aromatic heterocycles. The molecule has 0 saturated carbocycles. The zero-order valence-electron chi connectivity index (χ0n) is 14.2. The summed E-state index contributed by atoms with van der Waals surface area (Å²) in [6.07, 6.45) is 2.50. The van der Waals surface area contributed by atoms with Gasteiger partial charge in [-0.15, -0.1) is 0 Å². The van der Waals surface area contributed by atoms with Gasteiger partial charge in [-0.05, 0) is 37.9 Å². The second-order valence-electron chi connectivity index (χ2n) is 6.06. The second kappa shape index (κ2) is 9.15. The van der Waals surface area contributed by atoms with Crippen molar-refractivity contribution in [3.05, 3.63) is 30.3 Å². The van der Waals surface area contributed by atoms with Gasteiger partial charge in [0.05, 0.1) is 10.8 Å². The fourth-order valence-corrected chi connectivity index (χ4v) is 4.38. The number of amides is 1. The van der Waals surface area contributed by atoms with E-state index < -0.39 is 10.0 Å². The van der Waals surface area contributed by atoms with Gasteiger partial charge in [0.2, 0.25) is 15.9 Å². The number of carbonyl (C=O) groups is 1. The van der Waals surface area contributed by atoms with Crippen molar-refractivity contribution in [3.63, 3.8) is 0 Å². The van der Waals surface area contributed by atoms with E-state index in [4.69, 9.17) is 0 Å². The molecule has 1 fully saturated rings. The molecule has 6 nitrogen and oxygen atoms in total. The maximum absolute atomic E-state index is 12.7. The zero-order valence-corrected chi connectivity index (χ0v) is 15.0. The maximum Gasteiger partial charge on any atom is 0.243 e. The average molecular weight is 353 g/mol. The molecule has 1 aromatic carbocycles. The lowest BCUT2D eigenvalue weighted by molar-refractivity contribution is -0.126. The molecule has 7 heteroatoms. The fraction of sp³-hybridized carbons (Fsp3) is 0.588. The summed E-state index contributed by atoms with van der Waals surface area (Å²) in [4.78, 5) is 12.6. The Bertz CT molecular complexity index is 619. The van der Waals surface area contributed by atoms with Gasteiger partial charge in [-0.3, -0.25) is 4.79 Å². The van der Waals surface area contributed by atoms with Crippen molar-refractivity contribution in [2.75, 3.05) is 32.7 Å². The Labute approximate surface area is 144 Å². The highest BCUT2D eigenvalue weighted by molar-refractivity contribution is 7.89. The van der Waals surface area contributed by atoms with Crippen LogP contribution in [-0.4, -0.2) is 51.4 Å². The van der Waals surface area contributed by atoms with E-state index in [9.17, 15) is 13.2 Å². The standard InChI is InChI=1S/C17H27N3O3S/c1-2-10-18-11-12-19-17(21)15-7-6-13-20(14-15)24(22,23)16-8-4-3-5-9-16/h3-5,8-9,15,18H,2,6-7,10-14H2,1H3,(H,19,21). The summed E-state index contributed by atoms with van der Waals surface area (Å²) in [6, 6.07) is 8.41. The van der Waals surface area contributed by atoms with Gasteiger partial charge in [-0.2, -0.15) is 4.31 Å². The number of nitrogens with one attached hydrogen (secondary N) is 2. The van der Waals surface area contributed by atoms with E-state index in [-0.39, 0.29) is 23.3 Å². The van der Waals surface area contributed by atoms with Gasteiger partial charge in [-0.25, -0.2) is 8.42 Å². The number of sulfonamides is 1. The average Bonchev–Trinajstić information content (AvgIpc) is 2.62. The summed E-state index contributed by atoms with van der Waals surface area (Å²) in [7, 11) is -3.52. The molecule has 1 aromatic rings. The van der Waals surface area contributed by atoms with Crippen LogP contribution in [0.25, 0.3) is 0 Å². The third-order valence-corrected chi connectivity index (χ3v) is 6.04. The molecule has 1 aliphatic heterocycles. The van der Waals surface area contributed by atoms with Crippen LogP contribution in [0.1, 0.15) is 26.2 Å². The Balaban J connectivity index is 1.90. The molecule has 0 bridgehead atoms. The number of piperidine rings is 1. The number of hydrogen-bond acceptors (Lipinski definition) is 4. The number of benzene rings is 1. The first-order valence-corrected chi connectivity index (χ1v) is 10.0. The van der Waals surface area contributed by atoms with E-state index in [2.05, 4.69) is 17.6 Å². The largest absolute Gasteiger partial charge is 0.355 e. The maximum atomic E-state index is 12.7. The van der Waals surface area contributed by atoms with Crippen LogP contribution < -0.4 is 10.6 Å². The Morgan fingerprint density at radius 3 is 2.67 bits per heavy atom. The minimum Gasteiger partial charge on any atom is -0.355 e. The molecular formula is C17H27N3O3S. The van der Waals surface area contributed by atoms with Gasteiger partial charge in [-0.1, -0.05) is 25.1 Å². The predicted octanol–water partition coefficient (Wildman–Crippen LogP) is 1.20. The van der Waals surface area contributed by atoms with E-state index in [0.717, 1.165) is 25.9 Å². The Kier molecular flexibility index (Phi) is 7.20. The lowest BCUT2D eigenvalue weighted by Crippen LogP contribution is -2.46. The smallest absolute Gasteiger partial charge is 0.243 e. The molecule has 1 unspecified atom stereocenters. The number of hydrogen-bond donors (Lipinski definition) is 2. The van der Waals surface area contributed by atoms with Crippen LogP contribution in [0.2, 0.25) is 0 Å². The van der Waals surface area contributed by atoms with Crippen LogP contribution in [0, 0.1) is 5.92 Å². The predicted molar refractivity (Wildman–Crippen MR) is 94.1 cm³/mol. The number of carbonyl (C=O) groups excluding carboxylic acids is 1. The molecule has 0 spiro atoms. The molecule has 1 atom stereocenters. The first kappa shape index (κ1) is 18.9. The summed E-state index contributed by atoms with van der Waals surface area (Å²) in [5.74, 6) is -0.329. The first-order valence-electron chi connectivity index (χ1n) is 8.59. The zero-order chi connectivity index (χ0) is 17.4. The first-order chi connectivity index (χ1) is 11.6. The summed E-state index contributed by atoms with van der Waals surface area (Å²) >= 11 is 0. The van der Waals surface area contributed by atoms with E-state index in [1.54, 1.807) is 30.3 Å². The molecule has 134 valence electrons. The molecule has 1 aliphatic rings. The van der Waals surface area contributed by atoms with Gasteiger partial charge in [0.15, 0.2) is 0 Å². The molecule has 1 amide bonds. The van der Waals surface area contributed by atoms with Gasteiger partial charge in [0, 0.05) is 26.2 Å². The van der Waals surface area contributed by atoms with E-state index >= 15 is 0 Å². The van der Waals surface area contributed by atoms with Crippen LogP contribution in [0.15, 0.2) is 35.2 Å². The lowest BCUT2D eigenvalue weighted by Gasteiger charge is -2.31. The van der Waals surface area contributed by atoms with Gasteiger partial charge in [0.1, 0.15) is 0 Å². The van der Waals surface area contributed by atoms with E-state index in [1.807, 2.05) is 0 Å². The van der Waals surface area contributed by atoms with Crippen molar-refractivity contribution >= 4 is 15.9 Å². The third kappa shape index (κ3) is 5.03. The van der Waals surface area contributed by atoms with Gasteiger partial charge >= 0.3 is 0 Å². The van der Waals surface area contributed by atoms with Crippen LogP contribution >= 0.6 is 0 Å². The molecule has 0 radical (unpaired) electrons. The summed E-state index contributed by atoms with van der Waals surface area (Å²) in [5, 5.41) is 6.13. The Hall–Kier alpha value is -1.44. The molecule has 24 heavy (non-hydrogen) atoms.